The van der Waals surface area contributed by atoms with Crippen molar-refractivity contribution in [2.24, 2.45) is 0 Å². The zero-order valence-corrected chi connectivity index (χ0v) is 13.0. The van der Waals surface area contributed by atoms with E-state index in [4.69, 9.17) is 11.6 Å². The summed E-state index contributed by atoms with van der Waals surface area (Å²) in [4.78, 5) is 9.10. The van der Waals surface area contributed by atoms with E-state index >= 15 is 0 Å². The fourth-order valence-corrected chi connectivity index (χ4v) is 2.34. The van der Waals surface area contributed by atoms with Crippen LogP contribution in [-0.4, -0.2) is 19.9 Å². The van der Waals surface area contributed by atoms with Crippen LogP contribution in [0.2, 0.25) is 5.02 Å². The van der Waals surface area contributed by atoms with E-state index in [-0.39, 0.29) is 5.54 Å². The molecule has 0 saturated heterocycles. The van der Waals surface area contributed by atoms with Crippen molar-refractivity contribution in [3.63, 3.8) is 0 Å². The quantitative estimate of drug-likeness (QED) is 0.769. The second-order valence-electron chi connectivity index (χ2n) is 5.97. The maximum Gasteiger partial charge on any atom is 0.140 e. The van der Waals surface area contributed by atoms with Crippen LogP contribution in [0, 0.1) is 0 Å². The van der Waals surface area contributed by atoms with Crippen molar-refractivity contribution in [2.75, 3.05) is 5.32 Å². The molecule has 0 bridgehead atoms. The lowest BCUT2D eigenvalue weighted by Gasteiger charge is -2.22. The van der Waals surface area contributed by atoms with Gasteiger partial charge in [0.2, 0.25) is 0 Å². The Balaban J connectivity index is 2.25. The Morgan fingerprint density at radius 3 is 2.62 bits per heavy atom. The minimum absolute atomic E-state index is 0.0954. The van der Waals surface area contributed by atoms with Gasteiger partial charge in [-0.3, -0.25) is 9.38 Å². The van der Waals surface area contributed by atoms with Gasteiger partial charge in [-0.05, 0) is 45.0 Å². The molecule has 21 heavy (non-hydrogen) atoms. The Hall–Kier alpha value is -2.07. The molecule has 0 aromatic carbocycles. The first kappa shape index (κ1) is 13.9. The monoisotopic (exact) mass is 300 g/mol. The first-order valence-corrected chi connectivity index (χ1v) is 7.19. The number of nitrogens with zero attached hydrogens (tertiary/aromatic N) is 3. The molecule has 0 unspecified atom stereocenters. The Kier molecular flexibility index (Phi) is 3.33. The summed E-state index contributed by atoms with van der Waals surface area (Å²) in [7, 11) is 0. The Morgan fingerprint density at radius 2 is 1.95 bits per heavy atom. The van der Waals surface area contributed by atoms with E-state index in [1.165, 1.54) is 0 Å². The smallest absolute Gasteiger partial charge is 0.140 e. The van der Waals surface area contributed by atoms with E-state index in [1.807, 2.05) is 40.9 Å². The summed E-state index contributed by atoms with van der Waals surface area (Å²) in [6.45, 7) is 6.33. The zero-order chi connectivity index (χ0) is 15.0. The van der Waals surface area contributed by atoms with Gasteiger partial charge in [-0.2, -0.15) is 0 Å². The lowest BCUT2D eigenvalue weighted by Crippen LogP contribution is -2.27. The topological polar surface area (TPSA) is 42.2 Å². The normalized spacial score (nSPS) is 11.8. The van der Waals surface area contributed by atoms with Gasteiger partial charge in [-0.25, -0.2) is 4.98 Å². The molecule has 0 amide bonds. The van der Waals surface area contributed by atoms with Crippen molar-refractivity contribution < 1.29 is 0 Å². The van der Waals surface area contributed by atoms with Crippen LogP contribution in [0.1, 0.15) is 20.8 Å². The third-order valence-corrected chi connectivity index (χ3v) is 3.21. The van der Waals surface area contributed by atoms with Crippen molar-refractivity contribution >= 4 is 23.1 Å². The second kappa shape index (κ2) is 5.04. The molecule has 0 radical (unpaired) electrons. The zero-order valence-electron chi connectivity index (χ0n) is 12.3. The molecule has 3 aromatic heterocycles. The summed E-state index contributed by atoms with van der Waals surface area (Å²) < 4.78 is 1.97. The number of fused-ring (bicyclic) bond motifs is 1. The molecule has 3 heterocycles. The third-order valence-electron chi connectivity index (χ3n) is 2.98. The molecule has 0 saturated carbocycles. The summed E-state index contributed by atoms with van der Waals surface area (Å²) in [5.41, 5.74) is 2.41. The fourth-order valence-electron chi connectivity index (χ4n) is 2.17. The molecule has 0 fully saturated rings. The lowest BCUT2D eigenvalue weighted by molar-refractivity contribution is 0.629. The first-order valence-electron chi connectivity index (χ1n) is 6.81. The summed E-state index contributed by atoms with van der Waals surface area (Å²) in [5, 5.41) is 4.17. The fraction of sp³-hybridized carbons (Fsp3) is 0.250. The maximum atomic E-state index is 6.13. The van der Waals surface area contributed by atoms with Gasteiger partial charge in [0, 0.05) is 17.9 Å². The molecule has 0 aliphatic carbocycles. The van der Waals surface area contributed by atoms with Gasteiger partial charge in [0.05, 0.1) is 10.7 Å². The number of nitrogens with one attached hydrogen (secondary N) is 1. The highest BCUT2D eigenvalue weighted by molar-refractivity contribution is 6.30. The number of pyridine rings is 2. The second-order valence-corrected chi connectivity index (χ2v) is 6.41. The summed E-state index contributed by atoms with van der Waals surface area (Å²) in [6.07, 6.45) is 3.64. The lowest BCUT2D eigenvalue weighted by atomic mass is 10.1. The number of anilines is 1. The van der Waals surface area contributed by atoms with Gasteiger partial charge in [-0.15, -0.1) is 0 Å². The van der Waals surface area contributed by atoms with Crippen molar-refractivity contribution in [1.29, 1.82) is 0 Å². The molecule has 4 nitrogen and oxygen atoms in total. The highest BCUT2D eigenvalue weighted by Gasteiger charge is 2.19. The van der Waals surface area contributed by atoms with Crippen LogP contribution in [0.4, 0.5) is 5.82 Å². The Morgan fingerprint density at radius 1 is 1.14 bits per heavy atom. The number of imidazole rings is 1. The third kappa shape index (κ3) is 2.85. The van der Waals surface area contributed by atoms with Gasteiger partial charge in [-0.1, -0.05) is 17.7 Å². The minimum Gasteiger partial charge on any atom is -0.365 e. The SMILES string of the molecule is CC(C)(C)Nc1c(-c2ccccn2)nc2ccc(Cl)cn12. The molecule has 0 aliphatic heterocycles. The Labute approximate surface area is 128 Å². The van der Waals surface area contributed by atoms with Gasteiger partial charge in [0.25, 0.3) is 0 Å². The van der Waals surface area contributed by atoms with Crippen LogP contribution in [0.5, 0.6) is 0 Å². The average Bonchev–Trinajstić information content (AvgIpc) is 2.76. The Bertz CT molecular complexity index is 772. The standard InChI is InChI=1S/C16H17ClN4/c1-16(2,3)20-15-14(12-6-4-5-9-18-12)19-13-8-7-11(17)10-21(13)15/h4-10,20H,1-3H3. The molecular weight excluding hydrogens is 284 g/mol. The number of halogens is 1. The van der Waals surface area contributed by atoms with Gasteiger partial charge in [0.1, 0.15) is 17.2 Å². The van der Waals surface area contributed by atoms with Crippen LogP contribution in [-0.2, 0) is 0 Å². The highest BCUT2D eigenvalue weighted by Crippen LogP contribution is 2.30. The summed E-state index contributed by atoms with van der Waals surface area (Å²) >= 11 is 6.13. The van der Waals surface area contributed by atoms with E-state index in [9.17, 15) is 0 Å². The predicted octanol–water partition coefficient (Wildman–Crippen LogP) is 4.26. The van der Waals surface area contributed by atoms with Gasteiger partial charge >= 0.3 is 0 Å². The van der Waals surface area contributed by atoms with Crippen LogP contribution >= 0.6 is 11.6 Å². The van der Waals surface area contributed by atoms with Crippen LogP contribution in [0.3, 0.4) is 0 Å². The van der Waals surface area contributed by atoms with Gasteiger partial charge < -0.3 is 5.32 Å². The molecule has 5 heteroatoms. The molecular formula is C16H17ClN4. The van der Waals surface area contributed by atoms with Crippen LogP contribution < -0.4 is 5.32 Å². The van der Waals surface area contributed by atoms with Crippen molar-refractivity contribution in [3.8, 4) is 11.4 Å². The highest BCUT2D eigenvalue weighted by atomic mass is 35.5. The molecule has 0 aliphatic rings. The van der Waals surface area contributed by atoms with E-state index in [1.54, 1.807) is 6.20 Å². The number of hydrogen-bond acceptors (Lipinski definition) is 3. The number of hydrogen-bond donors (Lipinski definition) is 1. The van der Waals surface area contributed by atoms with Crippen molar-refractivity contribution in [3.05, 3.63) is 47.7 Å². The van der Waals surface area contributed by atoms with E-state index in [0.717, 1.165) is 22.9 Å². The molecule has 3 rings (SSSR count). The largest absolute Gasteiger partial charge is 0.365 e. The predicted molar refractivity (Wildman–Crippen MR) is 86.8 cm³/mol. The first-order chi connectivity index (χ1) is 9.94. The number of rotatable bonds is 2. The molecule has 0 atom stereocenters. The van der Waals surface area contributed by atoms with Gasteiger partial charge in [0.15, 0.2) is 0 Å². The molecule has 0 spiro atoms. The summed E-state index contributed by atoms with van der Waals surface area (Å²) in [5.74, 6) is 0.902. The van der Waals surface area contributed by atoms with Crippen LogP contribution in [0.25, 0.3) is 17.0 Å². The van der Waals surface area contributed by atoms with Crippen LogP contribution in [0.15, 0.2) is 42.7 Å². The van der Waals surface area contributed by atoms with E-state index in [2.05, 4.69) is 36.1 Å². The van der Waals surface area contributed by atoms with Crippen molar-refractivity contribution in [2.45, 2.75) is 26.3 Å². The van der Waals surface area contributed by atoms with E-state index < -0.39 is 0 Å². The maximum absolute atomic E-state index is 6.13. The minimum atomic E-state index is -0.0954. The average molecular weight is 301 g/mol. The molecule has 108 valence electrons. The summed E-state index contributed by atoms with van der Waals surface area (Å²) in [6, 6.07) is 9.56. The van der Waals surface area contributed by atoms with Crippen molar-refractivity contribution in [1.82, 2.24) is 14.4 Å². The molecule has 3 aromatic rings. The molecule has 1 N–H and O–H groups in total. The number of aromatic nitrogens is 3. The van der Waals surface area contributed by atoms with E-state index in [0.29, 0.717) is 5.02 Å².